The highest BCUT2D eigenvalue weighted by Gasteiger charge is 2.15. The van der Waals surface area contributed by atoms with Crippen LogP contribution in [0.2, 0.25) is 0 Å². The summed E-state index contributed by atoms with van der Waals surface area (Å²) in [5.74, 6) is 0.957. The molecule has 0 fully saturated rings. The van der Waals surface area contributed by atoms with E-state index in [1.165, 1.54) is 18.4 Å². The van der Waals surface area contributed by atoms with E-state index in [-0.39, 0.29) is 12.1 Å². The van der Waals surface area contributed by atoms with Crippen molar-refractivity contribution in [3.8, 4) is 11.5 Å². The number of allylic oxidation sites excluding steroid dienone is 1. The molecule has 1 heterocycles. The van der Waals surface area contributed by atoms with Crippen LogP contribution in [0.4, 0.5) is 10.5 Å². The number of urea groups is 1. The van der Waals surface area contributed by atoms with Crippen LogP contribution in [-0.2, 0) is 0 Å². The molecular weight excluding hydrogens is 316 g/mol. The molecule has 1 aliphatic rings. The number of aryl methyl sites for hydroxylation is 2. The molecule has 2 N–H and O–H groups in total. The summed E-state index contributed by atoms with van der Waals surface area (Å²) in [5, 5.41) is 13.8. The van der Waals surface area contributed by atoms with E-state index in [4.69, 9.17) is 4.42 Å². The first-order valence-electron chi connectivity index (χ1n) is 8.70. The zero-order valence-corrected chi connectivity index (χ0v) is 14.9. The molecule has 2 amide bonds. The van der Waals surface area contributed by atoms with Gasteiger partial charge in [-0.3, -0.25) is 0 Å². The van der Waals surface area contributed by atoms with Gasteiger partial charge in [0.1, 0.15) is 0 Å². The average Bonchev–Trinajstić information content (AvgIpc) is 3.04. The van der Waals surface area contributed by atoms with Crippen LogP contribution in [-0.4, -0.2) is 22.3 Å². The smallest absolute Gasteiger partial charge is 0.319 e. The molecule has 0 aliphatic heterocycles. The van der Waals surface area contributed by atoms with Gasteiger partial charge in [-0.25, -0.2) is 4.79 Å². The third-order valence-electron chi connectivity index (χ3n) is 4.49. The van der Waals surface area contributed by atoms with Crippen molar-refractivity contribution in [3.63, 3.8) is 0 Å². The Balaban J connectivity index is 1.69. The first-order chi connectivity index (χ1) is 12.0. The van der Waals surface area contributed by atoms with Gasteiger partial charge in [-0.15, -0.1) is 10.2 Å². The molecule has 0 bridgehead atoms. The number of aromatic nitrogens is 2. The number of anilines is 1. The van der Waals surface area contributed by atoms with Crippen LogP contribution < -0.4 is 10.6 Å². The quantitative estimate of drug-likeness (QED) is 0.810. The largest absolute Gasteiger partial charge is 0.421 e. The van der Waals surface area contributed by atoms with Crippen molar-refractivity contribution >= 4 is 11.7 Å². The van der Waals surface area contributed by atoms with E-state index in [0.717, 1.165) is 29.7 Å². The summed E-state index contributed by atoms with van der Waals surface area (Å²) in [6.07, 6.45) is 6.85. The van der Waals surface area contributed by atoms with Crippen LogP contribution in [0, 0.1) is 13.8 Å². The predicted octanol–water partition coefficient (Wildman–Crippen LogP) is 4.36. The molecule has 2 aromatic rings. The molecule has 6 nitrogen and oxygen atoms in total. The highest BCUT2D eigenvalue weighted by Crippen LogP contribution is 2.25. The zero-order chi connectivity index (χ0) is 17.8. The van der Waals surface area contributed by atoms with E-state index in [9.17, 15) is 4.79 Å². The third-order valence-corrected chi connectivity index (χ3v) is 4.49. The molecule has 25 heavy (non-hydrogen) atoms. The van der Waals surface area contributed by atoms with Crippen LogP contribution in [0.5, 0.6) is 0 Å². The van der Waals surface area contributed by atoms with Gasteiger partial charge in [0.25, 0.3) is 0 Å². The lowest BCUT2D eigenvalue weighted by Crippen LogP contribution is -2.37. The molecule has 1 atom stereocenters. The van der Waals surface area contributed by atoms with Crippen molar-refractivity contribution in [1.29, 1.82) is 0 Å². The Labute approximate surface area is 147 Å². The molecule has 6 heteroatoms. The summed E-state index contributed by atoms with van der Waals surface area (Å²) in [5.41, 5.74) is 3.80. The molecule has 3 rings (SSSR count). The van der Waals surface area contributed by atoms with Gasteiger partial charge >= 0.3 is 6.03 Å². The van der Waals surface area contributed by atoms with E-state index in [2.05, 4.69) is 26.9 Å². The fourth-order valence-corrected chi connectivity index (χ4v) is 3.01. The lowest BCUT2D eigenvalue weighted by atomic mass is 9.95. The van der Waals surface area contributed by atoms with Gasteiger partial charge in [0.05, 0.1) is 0 Å². The van der Waals surface area contributed by atoms with Crippen molar-refractivity contribution in [2.45, 2.75) is 52.5 Å². The van der Waals surface area contributed by atoms with E-state index in [1.807, 2.05) is 32.0 Å². The van der Waals surface area contributed by atoms with E-state index >= 15 is 0 Å². The predicted molar refractivity (Wildman–Crippen MR) is 97.4 cm³/mol. The molecule has 1 aliphatic carbocycles. The number of carbonyl (C=O) groups is 1. The SMILES string of the molecule is Cc1nnc(-c2ccc(C)c(NC(=O)NC(C)C3=CCCCC3)c2)o1. The Morgan fingerprint density at radius 1 is 1.24 bits per heavy atom. The maximum Gasteiger partial charge on any atom is 0.319 e. The van der Waals surface area contributed by atoms with E-state index in [1.54, 1.807) is 6.92 Å². The second kappa shape index (κ2) is 7.51. The second-order valence-electron chi connectivity index (χ2n) is 6.50. The fourth-order valence-electron chi connectivity index (χ4n) is 3.01. The van der Waals surface area contributed by atoms with Crippen LogP contribution in [0.25, 0.3) is 11.5 Å². The lowest BCUT2D eigenvalue weighted by molar-refractivity contribution is 0.250. The van der Waals surface area contributed by atoms with Gasteiger partial charge in [0.15, 0.2) is 0 Å². The Morgan fingerprint density at radius 2 is 2.08 bits per heavy atom. The molecule has 1 aromatic carbocycles. The van der Waals surface area contributed by atoms with Crippen molar-refractivity contribution in [1.82, 2.24) is 15.5 Å². The molecule has 0 saturated carbocycles. The Kier molecular flexibility index (Phi) is 5.16. The molecule has 1 aromatic heterocycles. The zero-order valence-electron chi connectivity index (χ0n) is 14.9. The first kappa shape index (κ1) is 17.2. The Bertz CT molecular complexity index is 794. The van der Waals surface area contributed by atoms with Gasteiger partial charge in [0.2, 0.25) is 11.8 Å². The monoisotopic (exact) mass is 340 g/mol. The van der Waals surface area contributed by atoms with Gasteiger partial charge in [0, 0.05) is 24.2 Å². The Hall–Kier alpha value is -2.63. The van der Waals surface area contributed by atoms with Gasteiger partial charge in [-0.05, 0) is 57.2 Å². The average molecular weight is 340 g/mol. The maximum atomic E-state index is 12.4. The third kappa shape index (κ3) is 4.26. The number of hydrogen-bond donors (Lipinski definition) is 2. The minimum Gasteiger partial charge on any atom is -0.421 e. The molecule has 0 spiro atoms. The molecule has 132 valence electrons. The highest BCUT2D eigenvalue weighted by molar-refractivity contribution is 5.91. The highest BCUT2D eigenvalue weighted by atomic mass is 16.4. The topological polar surface area (TPSA) is 80.0 Å². The Morgan fingerprint density at radius 3 is 2.76 bits per heavy atom. The van der Waals surface area contributed by atoms with Crippen molar-refractivity contribution in [2.75, 3.05) is 5.32 Å². The molecule has 0 radical (unpaired) electrons. The number of nitrogens with zero attached hydrogens (tertiary/aromatic N) is 2. The summed E-state index contributed by atoms with van der Waals surface area (Å²) in [4.78, 5) is 12.4. The first-order valence-corrected chi connectivity index (χ1v) is 8.70. The van der Waals surface area contributed by atoms with Gasteiger partial charge in [-0.1, -0.05) is 17.7 Å². The second-order valence-corrected chi connectivity index (χ2v) is 6.50. The summed E-state index contributed by atoms with van der Waals surface area (Å²) in [7, 11) is 0. The summed E-state index contributed by atoms with van der Waals surface area (Å²) >= 11 is 0. The van der Waals surface area contributed by atoms with E-state index < -0.39 is 0 Å². The number of nitrogens with one attached hydrogen (secondary N) is 2. The van der Waals surface area contributed by atoms with Gasteiger partial charge in [-0.2, -0.15) is 0 Å². The molecule has 0 saturated heterocycles. The van der Waals surface area contributed by atoms with Crippen LogP contribution in [0.3, 0.4) is 0 Å². The van der Waals surface area contributed by atoms with E-state index in [0.29, 0.717) is 11.8 Å². The van der Waals surface area contributed by atoms with Crippen molar-refractivity contribution < 1.29 is 9.21 Å². The fraction of sp³-hybridized carbons (Fsp3) is 0.421. The normalized spacial score (nSPS) is 15.4. The van der Waals surface area contributed by atoms with Crippen LogP contribution >= 0.6 is 0 Å². The van der Waals surface area contributed by atoms with Gasteiger partial charge < -0.3 is 15.1 Å². The van der Waals surface area contributed by atoms with Crippen molar-refractivity contribution in [3.05, 3.63) is 41.3 Å². The number of rotatable bonds is 4. The molecular formula is C19H24N4O2. The van der Waals surface area contributed by atoms with Crippen molar-refractivity contribution in [2.24, 2.45) is 0 Å². The minimum atomic E-state index is -0.207. The summed E-state index contributed by atoms with van der Waals surface area (Å²) in [6, 6.07) is 5.52. The maximum absolute atomic E-state index is 12.4. The standard InChI is InChI=1S/C19H24N4O2/c1-12-9-10-16(18-23-22-14(3)25-18)11-17(12)21-19(24)20-13(2)15-7-5-4-6-8-15/h7,9-11,13H,4-6,8H2,1-3H3,(H2,20,21,24). The lowest BCUT2D eigenvalue weighted by Gasteiger charge is -2.21. The minimum absolute atomic E-state index is 0.0439. The number of carbonyl (C=O) groups excluding carboxylic acids is 1. The summed E-state index contributed by atoms with van der Waals surface area (Å²) < 4.78 is 5.46. The summed E-state index contributed by atoms with van der Waals surface area (Å²) in [6.45, 7) is 5.73. The number of hydrogen-bond acceptors (Lipinski definition) is 4. The van der Waals surface area contributed by atoms with Crippen LogP contribution in [0.15, 0.2) is 34.3 Å². The number of amides is 2. The number of benzene rings is 1. The molecule has 1 unspecified atom stereocenters. The van der Waals surface area contributed by atoms with Crippen LogP contribution in [0.1, 0.15) is 44.1 Å².